The number of rotatable bonds is 16. The maximum absolute atomic E-state index is 12.1. The van der Waals surface area contributed by atoms with Crippen molar-refractivity contribution in [1.29, 1.82) is 0 Å². The zero-order chi connectivity index (χ0) is 23.6. The summed E-state index contributed by atoms with van der Waals surface area (Å²) in [5.41, 5.74) is 0. The van der Waals surface area contributed by atoms with Gasteiger partial charge in [-0.3, -0.25) is 0 Å². The van der Waals surface area contributed by atoms with Crippen LogP contribution < -0.4 is 21.3 Å². The minimum Gasteiger partial charge on any atom is -0.338 e. The second kappa shape index (κ2) is 18.0. The molecule has 32 heavy (non-hydrogen) atoms. The van der Waals surface area contributed by atoms with Crippen LogP contribution in [0.4, 0.5) is 9.59 Å². The molecule has 1 saturated carbocycles. The van der Waals surface area contributed by atoms with Crippen molar-refractivity contribution in [1.82, 2.24) is 31.1 Å². The first-order chi connectivity index (χ1) is 15.5. The lowest BCUT2D eigenvalue weighted by Crippen LogP contribution is -2.42. The summed E-state index contributed by atoms with van der Waals surface area (Å²) in [6.07, 6.45) is 6.47. The predicted octanol–water partition coefficient (Wildman–Crippen LogP) is 2.86. The van der Waals surface area contributed by atoms with Crippen molar-refractivity contribution in [3.63, 3.8) is 0 Å². The molecule has 188 valence electrons. The summed E-state index contributed by atoms with van der Waals surface area (Å²) >= 11 is 0. The Kier molecular flexibility index (Phi) is 16.0. The van der Waals surface area contributed by atoms with E-state index in [2.05, 4.69) is 58.8 Å². The Labute approximate surface area is 196 Å². The average Bonchev–Trinajstić information content (AvgIpc) is 2.82. The molecule has 0 aliphatic heterocycles. The van der Waals surface area contributed by atoms with Crippen molar-refractivity contribution >= 4 is 12.1 Å². The number of nitrogens with zero attached hydrogens (tertiary/aromatic N) is 2. The van der Waals surface area contributed by atoms with Crippen molar-refractivity contribution in [3.8, 4) is 0 Å². The van der Waals surface area contributed by atoms with Gasteiger partial charge in [-0.2, -0.15) is 0 Å². The Morgan fingerprint density at radius 1 is 0.688 bits per heavy atom. The topological polar surface area (TPSA) is 88.7 Å². The lowest BCUT2D eigenvalue weighted by molar-refractivity contribution is 0.220. The molecule has 0 aromatic rings. The van der Waals surface area contributed by atoms with Crippen LogP contribution in [0.2, 0.25) is 0 Å². The van der Waals surface area contributed by atoms with Gasteiger partial charge in [0.25, 0.3) is 0 Å². The van der Waals surface area contributed by atoms with Crippen LogP contribution in [-0.2, 0) is 0 Å². The van der Waals surface area contributed by atoms with Gasteiger partial charge < -0.3 is 31.1 Å². The Morgan fingerprint density at radius 2 is 1.09 bits per heavy atom. The Hall–Kier alpha value is -1.54. The normalized spacial score (nSPS) is 18.6. The Balaban J connectivity index is 2.12. The van der Waals surface area contributed by atoms with Crippen LogP contribution in [0.15, 0.2) is 0 Å². The molecule has 0 bridgehead atoms. The molecule has 1 aliphatic rings. The van der Waals surface area contributed by atoms with Crippen LogP contribution in [0.1, 0.15) is 66.2 Å². The zero-order valence-corrected chi connectivity index (χ0v) is 21.2. The van der Waals surface area contributed by atoms with Crippen molar-refractivity contribution in [2.75, 3.05) is 65.4 Å². The van der Waals surface area contributed by atoms with Gasteiger partial charge in [0.2, 0.25) is 0 Å². The maximum Gasteiger partial charge on any atom is 0.314 e. The van der Waals surface area contributed by atoms with Gasteiger partial charge in [0, 0.05) is 26.2 Å². The van der Waals surface area contributed by atoms with E-state index >= 15 is 0 Å². The predicted molar refractivity (Wildman–Crippen MR) is 133 cm³/mol. The van der Waals surface area contributed by atoms with Gasteiger partial charge in [-0.05, 0) is 83.2 Å². The van der Waals surface area contributed by atoms with Gasteiger partial charge in [0.1, 0.15) is 0 Å². The summed E-state index contributed by atoms with van der Waals surface area (Å²) < 4.78 is 0. The summed E-state index contributed by atoms with van der Waals surface area (Å²) in [5, 5.41) is 12.0. The minimum absolute atomic E-state index is 0.0612. The van der Waals surface area contributed by atoms with Crippen molar-refractivity contribution in [2.24, 2.45) is 11.8 Å². The molecule has 1 fully saturated rings. The second-order valence-electron chi connectivity index (χ2n) is 8.93. The van der Waals surface area contributed by atoms with Crippen LogP contribution in [-0.4, -0.2) is 87.3 Å². The molecule has 4 N–H and O–H groups in total. The fourth-order valence-electron chi connectivity index (χ4n) is 4.46. The third kappa shape index (κ3) is 13.1. The molecule has 0 unspecified atom stereocenters. The van der Waals surface area contributed by atoms with E-state index in [-0.39, 0.29) is 12.1 Å². The Bertz CT molecular complexity index is 455. The van der Waals surface area contributed by atoms with Gasteiger partial charge in [0.15, 0.2) is 0 Å². The molecule has 8 heteroatoms. The summed E-state index contributed by atoms with van der Waals surface area (Å²) in [6, 6.07) is -0.122. The molecule has 0 saturated heterocycles. The van der Waals surface area contributed by atoms with E-state index in [1.807, 2.05) is 0 Å². The molecule has 2 atom stereocenters. The zero-order valence-electron chi connectivity index (χ0n) is 21.2. The van der Waals surface area contributed by atoms with Crippen LogP contribution >= 0.6 is 0 Å². The first kappa shape index (κ1) is 28.5. The molecular formula is C24H50N6O2. The third-order valence-corrected chi connectivity index (χ3v) is 6.66. The van der Waals surface area contributed by atoms with Crippen molar-refractivity contribution < 1.29 is 9.59 Å². The fourth-order valence-corrected chi connectivity index (χ4v) is 4.46. The molecular weight excluding hydrogens is 404 g/mol. The first-order valence-corrected chi connectivity index (χ1v) is 13.0. The summed E-state index contributed by atoms with van der Waals surface area (Å²) in [5.74, 6) is 0.989. The number of amides is 4. The number of carbonyl (C=O) groups excluding carboxylic acids is 2. The van der Waals surface area contributed by atoms with E-state index in [1.165, 1.54) is 0 Å². The average molecular weight is 455 g/mol. The maximum atomic E-state index is 12.1. The van der Waals surface area contributed by atoms with E-state index < -0.39 is 0 Å². The van der Waals surface area contributed by atoms with E-state index in [9.17, 15) is 9.59 Å². The molecule has 1 rings (SSSR count). The van der Waals surface area contributed by atoms with E-state index in [4.69, 9.17) is 0 Å². The van der Waals surface area contributed by atoms with Crippen LogP contribution in [0.25, 0.3) is 0 Å². The number of carbonyl (C=O) groups is 2. The Morgan fingerprint density at radius 3 is 1.47 bits per heavy atom. The smallest absolute Gasteiger partial charge is 0.314 e. The van der Waals surface area contributed by atoms with Crippen LogP contribution in [0.5, 0.6) is 0 Å². The summed E-state index contributed by atoms with van der Waals surface area (Å²) in [4.78, 5) is 28.9. The largest absolute Gasteiger partial charge is 0.338 e. The van der Waals surface area contributed by atoms with E-state index in [0.717, 1.165) is 90.9 Å². The van der Waals surface area contributed by atoms with Gasteiger partial charge in [-0.15, -0.1) is 0 Å². The highest BCUT2D eigenvalue weighted by Gasteiger charge is 2.22. The first-order valence-electron chi connectivity index (χ1n) is 13.0. The molecule has 0 radical (unpaired) electrons. The van der Waals surface area contributed by atoms with E-state index in [1.54, 1.807) is 0 Å². The lowest BCUT2D eigenvalue weighted by Gasteiger charge is -2.29. The lowest BCUT2D eigenvalue weighted by atomic mass is 9.81. The van der Waals surface area contributed by atoms with Crippen LogP contribution in [0, 0.1) is 11.8 Å². The number of nitrogens with one attached hydrogen (secondary N) is 4. The fraction of sp³-hybridized carbons (Fsp3) is 0.917. The van der Waals surface area contributed by atoms with E-state index in [0.29, 0.717) is 24.9 Å². The summed E-state index contributed by atoms with van der Waals surface area (Å²) in [6.45, 7) is 17.8. The molecule has 0 aromatic carbocycles. The summed E-state index contributed by atoms with van der Waals surface area (Å²) in [7, 11) is 0. The monoisotopic (exact) mass is 454 g/mol. The van der Waals surface area contributed by atoms with Gasteiger partial charge in [0.05, 0.1) is 0 Å². The highest BCUT2D eigenvalue weighted by molar-refractivity contribution is 5.74. The molecule has 8 nitrogen and oxygen atoms in total. The standard InChI is InChI=1S/C24H50N6O2/c1-5-29(6-2)16-10-14-25-23(31)27-19-21-12-9-13-22(18-21)20-28-24(32)26-15-11-17-30(7-3)8-4/h21-22H,5-20H2,1-4H3,(H2,25,27,31)(H2,26,28,32)/t21-,22-/m1/s1. The third-order valence-electron chi connectivity index (χ3n) is 6.66. The number of hydrogen-bond donors (Lipinski definition) is 4. The molecule has 0 spiro atoms. The molecule has 0 aromatic heterocycles. The highest BCUT2D eigenvalue weighted by Crippen LogP contribution is 2.28. The number of urea groups is 2. The molecule has 0 heterocycles. The van der Waals surface area contributed by atoms with Crippen molar-refractivity contribution in [2.45, 2.75) is 66.2 Å². The van der Waals surface area contributed by atoms with Gasteiger partial charge >= 0.3 is 12.1 Å². The van der Waals surface area contributed by atoms with Crippen molar-refractivity contribution in [3.05, 3.63) is 0 Å². The number of hydrogen-bond acceptors (Lipinski definition) is 4. The molecule has 4 amide bonds. The quantitative estimate of drug-likeness (QED) is 0.270. The van der Waals surface area contributed by atoms with Crippen LogP contribution in [0.3, 0.4) is 0 Å². The minimum atomic E-state index is -0.0612. The van der Waals surface area contributed by atoms with Gasteiger partial charge in [-0.25, -0.2) is 9.59 Å². The molecule has 1 aliphatic carbocycles. The van der Waals surface area contributed by atoms with Gasteiger partial charge in [-0.1, -0.05) is 34.1 Å². The highest BCUT2D eigenvalue weighted by atomic mass is 16.2. The SMILES string of the molecule is CCN(CC)CCCNC(=O)NC[C@@H]1CCC[C@@H](CNC(=O)NCCCN(CC)CC)C1. The second-order valence-corrected chi connectivity index (χ2v) is 8.93.